The van der Waals surface area contributed by atoms with Gasteiger partial charge in [-0.1, -0.05) is 0 Å². The van der Waals surface area contributed by atoms with Gasteiger partial charge in [-0.15, -0.1) is 0 Å². The van der Waals surface area contributed by atoms with Crippen molar-refractivity contribution in [3.05, 3.63) is 0 Å². The zero-order chi connectivity index (χ0) is 6.41. The molecule has 0 aromatic heterocycles. The van der Waals surface area contributed by atoms with Crippen molar-refractivity contribution in [2.24, 2.45) is 0 Å². The number of rotatable bonds is 4. The fourth-order valence-electron chi connectivity index (χ4n) is 0.153. The fourth-order valence-corrected chi connectivity index (χ4v) is 0.460. The summed E-state index contributed by atoms with van der Waals surface area (Å²) in [6.45, 7) is -0.102. The molecule has 0 saturated carbocycles. The zero-order valence-corrected chi connectivity index (χ0v) is 5.31. The first kappa shape index (κ1) is 8.03. The van der Waals surface area contributed by atoms with Gasteiger partial charge in [0.2, 0.25) is 0 Å². The summed E-state index contributed by atoms with van der Waals surface area (Å²) in [5.41, 5.74) is 0. The third-order valence-corrected chi connectivity index (χ3v) is 1.04. The van der Waals surface area contributed by atoms with E-state index in [1.165, 1.54) is 7.11 Å². The van der Waals surface area contributed by atoms with Gasteiger partial charge >= 0.3 is 11.4 Å². The Morgan fingerprint density at radius 3 is 2.75 bits per heavy atom. The Morgan fingerprint density at radius 1 is 1.75 bits per heavy atom. The van der Waals surface area contributed by atoms with Crippen LogP contribution in [0.2, 0.25) is 0 Å². The van der Waals surface area contributed by atoms with Gasteiger partial charge in [0.1, 0.15) is 0 Å². The molecule has 50 valence electrons. The van der Waals surface area contributed by atoms with Crippen LogP contribution in [0.1, 0.15) is 0 Å². The first-order valence-corrected chi connectivity index (χ1v) is 3.01. The molecule has 0 fully saturated rings. The largest absolute Gasteiger partial charge is 0.394 e. The first-order chi connectivity index (χ1) is 3.81. The Balaban J connectivity index is 2.99. The normalized spacial score (nSPS) is 13.8. The van der Waals surface area contributed by atoms with Crippen molar-refractivity contribution >= 4 is 11.4 Å². The number of hydrogen-bond acceptors (Lipinski definition) is 4. The van der Waals surface area contributed by atoms with Crippen LogP contribution in [-0.4, -0.2) is 29.6 Å². The minimum atomic E-state index is -1.69. The van der Waals surface area contributed by atoms with Crippen LogP contribution in [0.25, 0.3) is 0 Å². The summed E-state index contributed by atoms with van der Waals surface area (Å²) < 4.78 is 18.7. The molecule has 0 spiro atoms. The summed E-state index contributed by atoms with van der Waals surface area (Å²) in [6, 6.07) is 0. The van der Waals surface area contributed by atoms with Gasteiger partial charge in [-0.05, 0) is 0 Å². The molecule has 1 atom stereocenters. The molecule has 1 N–H and O–H groups in total. The standard InChI is InChI=1S/C3H8O4S/c1-6-8(5)7-3-2-4/h4H,2-3H2,1H3. The van der Waals surface area contributed by atoms with E-state index in [2.05, 4.69) is 8.37 Å². The molecule has 4 nitrogen and oxygen atoms in total. The monoisotopic (exact) mass is 140 g/mol. The summed E-state index contributed by atoms with van der Waals surface area (Å²) in [5, 5.41) is 8.10. The number of hydrogen-bond donors (Lipinski definition) is 1. The lowest BCUT2D eigenvalue weighted by molar-refractivity contribution is 0.196. The average molecular weight is 140 g/mol. The topological polar surface area (TPSA) is 55.8 Å². The molecule has 0 saturated heterocycles. The second-order valence-corrected chi connectivity index (χ2v) is 1.89. The van der Waals surface area contributed by atoms with Crippen molar-refractivity contribution in [2.75, 3.05) is 20.3 Å². The van der Waals surface area contributed by atoms with Gasteiger partial charge in [-0.2, -0.15) is 4.21 Å². The Kier molecular flexibility index (Phi) is 5.19. The predicted octanol–water partition coefficient (Wildman–Crippen LogP) is -0.780. The number of aliphatic hydroxyl groups excluding tert-OH is 1. The van der Waals surface area contributed by atoms with Crippen molar-refractivity contribution in [2.45, 2.75) is 0 Å². The highest BCUT2D eigenvalue weighted by Gasteiger charge is 1.92. The van der Waals surface area contributed by atoms with Gasteiger partial charge < -0.3 is 5.11 Å². The van der Waals surface area contributed by atoms with Gasteiger partial charge in [0, 0.05) is 0 Å². The Bertz CT molecular complexity index is 73.7. The molecule has 1 unspecified atom stereocenters. The first-order valence-electron chi connectivity index (χ1n) is 2.01. The molecule has 0 aliphatic carbocycles. The minimum Gasteiger partial charge on any atom is -0.394 e. The van der Waals surface area contributed by atoms with Gasteiger partial charge in [0.05, 0.1) is 20.3 Å². The summed E-state index contributed by atoms with van der Waals surface area (Å²) in [7, 11) is 1.26. The van der Waals surface area contributed by atoms with Gasteiger partial charge in [-0.25, -0.2) is 0 Å². The van der Waals surface area contributed by atoms with Crippen LogP contribution < -0.4 is 0 Å². The summed E-state index contributed by atoms with van der Waals surface area (Å²) in [5.74, 6) is 0. The molecular weight excluding hydrogens is 132 g/mol. The highest BCUT2D eigenvalue weighted by atomic mass is 32.2. The molecule has 0 aliphatic heterocycles. The third kappa shape index (κ3) is 4.20. The molecule has 0 amide bonds. The van der Waals surface area contributed by atoms with E-state index in [0.29, 0.717) is 0 Å². The molecule has 0 bridgehead atoms. The molecule has 0 rings (SSSR count). The van der Waals surface area contributed by atoms with Crippen LogP contribution in [-0.2, 0) is 19.7 Å². The second-order valence-electron chi connectivity index (χ2n) is 0.916. The molecule has 8 heavy (non-hydrogen) atoms. The lowest BCUT2D eigenvalue weighted by Crippen LogP contribution is -2.03. The molecule has 0 radical (unpaired) electrons. The van der Waals surface area contributed by atoms with Crippen LogP contribution in [0, 0.1) is 0 Å². The van der Waals surface area contributed by atoms with Crippen LogP contribution in [0.15, 0.2) is 0 Å². The molecular formula is C3H8O4S. The Labute approximate surface area is 50.3 Å². The highest BCUT2D eigenvalue weighted by Crippen LogP contribution is 1.82. The van der Waals surface area contributed by atoms with E-state index in [1.807, 2.05) is 0 Å². The lowest BCUT2D eigenvalue weighted by Gasteiger charge is -1.94. The summed E-state index contributed by atoms with van der Waals surface area (Å²) in [4.78, 5) is 0. The van der Waals surface area contributed by atoms with E-state index in [-0.39, 0.29) is 13.2 Å². The minimum absolute atomic E-state index is 0.0421. The van der Waals surface area contributed by atoms with Crippen molar-refractivity contribution < 1.29 is 17.7 Å². The molecule has 5 heteroatoms. The van der Waals surface area contributed by atoms with E-state index in [4.69, 9.17) is 5.11 Å². The molecule has 0 aromatic carbocycles. The summed E-state index contributed by atoms with van der Waals surface area (Å²) >= 11 is -1.69. The molecule has 0 aromatic rings. The van der Waals surface area contributed by atoms with E-state index >= 15 is 0 Å². The Morgan fingerprint density at radius 2 is 2.38 bits per heavy atom. The Hall–Kier alpha value is 0.0300. The lowest BCUT2D eigenvalue weighted by atomic mass is 10.8. The predicted molar refractivity (Wildman–Crippen MR) is 28.2 cm³/mol. The van der Waals surface area contributed by atoms with Gasteiger partial charge in [-0.3, -0.25) is 8.37 Å². The maximum absolute atomic E-state index is 10.1. The van der Waals surface area contributed by atoms with Crippen LogP contribution in [0.3, 0.4) is 0 Å². The van der Waals surface area contributed by atoms with Crippen LogP contribution >= 0.6 is 0 Å². The number of aliphatic hydroxyl groups is 1. The van der Waals surface area contributed by atoms with E-state index < -0.39 is 11.4 Å². The fraction of sp³-hybridized carbons (Fsp3) is 1.00. The highest BCUT2D eigenvalue weighted by molar-refractivity contribution is 7.75. The van der Waals surface area contributed by atoms with Crippen molar-refractivity contribution in [3.63, 3.8) is 0 Å². The zero-order valence-electron chi connectivity index (χ0n) is 4.49. The van der Waals surface area contributed by atoms with Gasteiger partial charge in [0.15, 0.2) is 0 Å². The van der Waals surface area contributed by atoms with E-state index in [9.17, 15) is 4.21 Å². The summed E-state index contributed by atoms with van der Waals surface area (Å²) in [6.07, 6.45) is 0. The van der Waals surface area contributed by atoms with Crippen molar-refractivity contribution in [3.8, 4) is 0 Å². The maximum atomic E-state index is 10.1. The van der Waals surface area contributed by atoms with Crippen molar-refractivity contribution in [1.29, 1.82) is 0 Å². The van der Waals surface area contributed by atoms with E-state index in [1.54, 1.807) is 0 Å². The maximum Gasteiger partial charge on any atom is 0.304 e. The smallest absolute Gasteiger partial charge is 0.304 e. The van der Waals surface area contributed by atoms with Crippen LogP contribution in [0.5, 0.6) is 0 Å². The van der Waals surface area contributed by atoms with Gasteiger partial charge in [0.25, 0.3) is 0 Å². The quantitative estimate of drug-likeness (QED) is 0.556. The third-order valence-electron chi connectivity index (χ3n) is 0.407. The van der Waals surface area contributed by atoms with E-state index in [0.717, 1.165) is 0 Å². The van der Waals surface area contributed by atoms with Crippen LogP contribution in [0.4, 0.5) is 0 Å². The average Bonchev–Trinajstić information content (AvgIpc) is 1.83. The second kappa shape index (κ2) is 5.17. The molecule has 0 aliphatic rings. The SMILES string of the molecule is COS(=O)OCCO. The molecule has 0 heterocycles. The van der Waals surface area contributed by atoms with Crippen molar-refractivity contribution in [1.82, 2.24) is 0 Å².